The first-order valence-electron chi connectivity index (χ1n) is 4.39. The Bertz CT molecular complexity index is 577. The van der Waals surface area contributed by atoms with Gasteiger partial charge in [0.25, 0.3) is 15.9 Å². The molecular formula is C9H9N3O3S. The van der Waals surface area contributed by atoms with Crippen LogP contribution in [0.25, 0.3) is 6.08 Å². The summed E-state index contributed by atoms with van der Waals surface area (Å²) in [5.74, 6) is 4.25. The molecular weight excluding hydrogens is 230 g/mol. The number of carbonyl (C=O) groups is 1. The number of fused-ring (bicyclic) bond motifs is 1. The number of nitrogens with one attached hydrogen (secondary N) is 2. The molecule has 0 fully saturated rings. The zero-order chi connectivity index (χ0) is 11.8. The number of hydrazine groups is 1. The third-order valence-corrected chi connectivity index (χ3v) is 3.57. The fraction of sp³-hybridized carbons (Fsp3) is 0. The first-order valence-corrected chi connectivity index (χ1v) is 5.87. The number of amides is 1. The SMILES string of the molecule is NNC(=O)C1=Cc2ccccc2S(=O)(=O)N1. The smallest absolute Gasteiger partial charge is 0.282 e. The Morgan fingerprint density at radius 2 is 2.00 bits per heavy atom. The molecule has 16 heavy (non-hydrogen) atoms. The monoisotopic (exact) mass is 239 g/mol. The number of hydrogen-bond acceptors (Lipinski definition) is 4. The third kappa shape index (κ3) is 1.66. The van der Waals surface area contributed by atoms with E-state index in [4.69, 9.17) is 5.84 Å². The summed E-state index contributed by atoms with van der Waals surface area (Å²) >= 11 is 0. The normalized spacial score (nSPS) is 16.7. The molecule has 1 aromatic rings. The van der Waals surface area contributed by atoms with Gasteiger partial charge in [0.15, 0.2) is 0 Å². The van der Waals surface area contributed by atoms with Crippen molar-refractivity contribution in [1.29, 1.82) is 0 Å². The van der Waals surface area contributed by atoms with E-state index in [1.54, 1.807) is 18.2 Å². The minimum absolute atomic E-state index is 0.0961. The van der Waals surface area contributed by atoms with Crippen LogP contribution < -0.4 is 16.0 Å². The summed E-state index contributed by atoms with van der Waals surface area (Å²) in [5.41, 5.74) is 2.23. The molecule has 84 valence electrons. The molecule has 2 rings (SSSR count). The number of hydrogen-bond donors (Lipinski definition) is 3. The molecule has 4 N–H and O–H groups in total. The van der Waals surface area contributed by atoms with Crippen molar-refractivity contribution in [1.82, 2.24) is 10.1 Å². The van der Waals surface area contributed by atoms with Gasteiger partial charge in [-0.2, -0.15) is 0 Å². The van der Waals surface area contributed by atoms with E-state index in [0.29, 0.717) is 5.56 Å². The molecule has 1 aliphatic heterocycles. The van der Waals surface area contributed by atoms with Crippen molar-refractivity contribution in [2.24, 2.45) is 5.84 Å². The Kier molecular flexibility index (Phi) is 2.41. The highest BCUT2D eigenvalue weighted by molar-refractivity contribution is 7.89. The van der Waals surface area contributed by atoms with Crippen LogP contribution in [0.3, 0.4) is 0 Å². The minimum atomic E-state index is -3.68. The average molecular weight is 239 g/mol. The second-order valence-corrected chi connectivity index (χ2v) is 4.83. The van der Waals surface area contributed by atoms with E-state index in [0.717, 1.165) is 0 Å². The fourth-order valence-corrected chi connectivity index (χ4v) is 2.66. The molecule has 0 saturated carbocycles. The van der Waals surface area contributed by atoms with E-state index in [2.05, 4.69) is 4.72 Å². The van der Waals surface area contributed by atoms with Crippen molar-refractivity contribution < 1.29 is 13.2 Å². The Labute approximate surface area is 92.2 Å². The highest BCUT2D eigenvalue weighted by Gasteiger charge is 2.26. The van der Waals surface area contributed by atoms with Crippen LogP contribution in [0.1, 0.15) is 5.56 Å². The van der Waals surface area contributed by atoms with Crippen molar-refractivity contribution in [2.45, 2.75) is 4.90 Å². The van der Waals surface area contributed by atoms with Gasteiger partial charge in [-0.1, -0.05) is 18.2 Å². The van der Waals surface area contributed by atoms with E-state index in [1.807, 2.05) is 5.43 Å². The quantitative estimate of drug-likeness (QED) is 0.343. The van der Waals surface area contributed by atoms with E-state index in [1.165, 1.54) is 12.1 Å². The summed E-state index contributed by atoms with van der Waals surface area (Å²) < 4.78 is 25.6. The molecule has 1 aliphatic rings. The molecule has 7 heteroatoms. The molecule has 0 bridgehead atoms. The van der Waals surface area contributed by atoms with Crippen LogP contribution in [0, 0.1) is 0 Å². The number of carbonyl (C=O) groups excluding carboxylic acids is 1. The molecule has 0 unspecified atom stereocenters. The minimum Gasteiger partial charge on any atom is -0.289 e. The Morgan fingerprint density at radius 3 is 2.69 bits per heavy atom. The highest BCUT2D eigenvalue weighted by Crippen LogP contribution is 2.22. The Balaban J connectivity index is 2.61. The van der Waals surface area contributed by atoms with Gasteiger partial charge in [-0.15, -0.1) is 0 Å². The van der Waals surface area contributed by atoms with Gasteiger partial charge >= 0.3 is 0 Å². The zero-order valence-electron chi connectivity index (χ0n) is 8.10. The lowest BCUT2D eigenvalue weighted by atomic mass is 10.2. The summed E-state index contributed by atoms with van der Waals surface area (Å²) in [6, 6.07) is 6.37. The highest BCUT2D eigenvalue weighted by atomic mass is 32.2. The molecule has 1 heterocycles. The molecule has 0 radical (unpaired) electrons. The van der Waals surface area contributed by atoms with Crippen molar-refractivity contribution in [2.75, 3.05) is 0 Å². The van der Waals surface area contributed by atoms with Gasteiger partial charge in [0.05, 0.1) is 4.90 Å². The van der Waals surface area contributed by atoms with Crippen LogP contribution in [0.5, 0.6) is 0 Å². The summed E-state index contributed by atoms with van der Waals surface area (Å²) in [4.78, 5) is 11.4. The fourth-order valence-electron chi connectivity index (χ4n) is 1.42. The van der Waals surface area contributed by atoms with Crippen LogP contribution >= 0.6 is 0 Å². The van der Waals surface area contributed by atoms with Gasteiger partial charge < -0.3 is 0 Å². The number of rotatable bonds is 1. The van der Waals surface area contributed by atoms with Gasteiger partial charge in [0.2, 0.25) is 0 Å². The van der Waals surface area contributed by atoms with Gasteiger partial charge in [-0.25, -0.2) is 14.3 Å². The van der Waals surface area contributed by atoms with E-state index < -0.39 is 15.9 Å². The molecule has 0 aromatic heterocycles. The molecule has 1 aromatic carbocycles. The van der Waals surface area contributed by atoms with Crippen LogP contribution in [0.2, 0.25) is 0 Å². The third-order valence-electron chi connectivity index (χ3n) is 2.13. The second kappa shape index (κ2) is 3.62. The maximum atomic E-state index is 11.7. The van der Waals surface area contributed by atoms with Crippen LogP contribution in [0.15, 0.2) is 34.9 Å². The molecule has 0 aliphatic carbocycles. The average Bonchev–Trinajstić information content (AvgIpc) is 2.27. The number of nitrogens with two attached hydrogens (primary N) is 1. The van der Waals surface area contributed by atoms with Gasteiger partial charge in [0, 0.05) is 0 Å². The standard InChI is InChI=1S/C9H9N3O3S/c10-11-9(13)7-5-6-3-1-2-4-8(6)16(14,15)12-7/h1-5,12H,10H2,(H,11,13). The Morgan fingerprint density at radius 1 is 1.31 bits per heavy atom. The zero-order valence-corrected chi connectivity index (χ0v) is 8.91. The first-order chi connectivity index (χ1) is 7.54. The van der Waals surface area contributed by atoms with E-state index in [9.17, 15) is 13.2 Å². The lowest BCUT2D eigenvalue weighted by Gasteiger charge is -2.17. The maximum absolute atomic E-state index is 11.7. The summed E-state index contributed by atoms with van der Waals surface area (Å²) in [7, 11) is -3.68. The number of sulfonamides is 1. The molecule has 0 atom stereocenters. The number of benzene rings is 1. The van der Waals surface area contributed by atoms with Crippen molar-refractivity contribution in [3.8, 4) is 0 Å². The topological polar surface area (TPSA) is 101 Å². The summed E-state index contributed by atoms with van der Waals surface area (Å²) in [6.07, 6.45) is 1.43. The summed E-state index contributed by atoms with van der Waals surface area (Å²) in [5, 5.41) is 0. The van der Waals surface area contributed by atoms with Crippen molar-refractivity contribution >= 4 is 22.0 Å². The van der Waals surface area contributed by atoms with Gasteiger partial charge in [-0.3, -0.25) is 14.9 Å². The molecule has 0 spiro atoms. The Hall–Kier alpha value is -1.86. The van der Waals surface area contributed by atoms with E-state index in [-0.39, 0.29) is 10.6 Å². The predicted octanol–water partition coefficient (Wildman–Crippen LogP) is -0.691. The van der Waals surface area contributed by atoms with E-state index >= 15 is 0 Å². The predicted molar refractivity (Wildman–Crippen MR) is 57.1 cm³/mol. The lowest BCUT2D eigenvalue weighted by Crippen LogP contribution is -2.39. The van der Waals surface area contributed by atoms with Crippen molar-refractivity contribution in [3.05, 3.63) is 35.5 Å². The summed E-state index contributed by atoms with van der Waals surface area (Å²) in [6.45, 7) is 0. The second-order valence-electron chi connectivity index (χ2n) is 3.17. The van der Waals surface area contributed by atoms with Crippen LogP contribution in [0.4, 0.5) is 0 Å². The molecule has 0 saturated heterocycles. The van der Waals surface area contributed by atoms with Gasteiger partial charge in [0.1, 0.15) is 5.70 Å². The molecule has 6 nitrogen and oxygen atoms in total. The van der Waals surface area contributed by atoms with Crippen molar-refractivity contribution in [3.63, 3.8) is 0 Å². The van der Waals surface area contributed by atoms with Crippen LogP contribution in [-0.2, 0) is 14.8 Å². The van der Waals surface area contributed by atoms with Gasteiger partial charge in [-0.05, 0) is 17.7 Å². The first kappa shape index (κ1) is 10.7. The van der Waals surface area contributed by atoms with Crippen LogP contribution in [-0.4, -0.2) is 14.3 Å². The molecule has 1 amide bonds. The maximum Gasteiger partial charge on any atom is 0.282 e. The lowest BCUT2D eigenvalue weighted by molar-refractivity contribution is -0.117. The largest absolute Gasteiger partial charge is 0.289 e.